The lowest BCUT2D eigenvalue weighted by Crippen LogP contribution is -1.96. The Kier molecular flexibility index (Phi) is 3.62. The zero-order chi connectivity index (χ0) is 11.4. The van der Waals surface area contributed by atoms with Crippen molar-refractivity contribution in [1.29, 1.82) is 0 Å². The number of halogens is 1. The van der Waals surface area contributed by atoms with E-state index in [0.717, 1.165) is 15.8 Å². The van der Waals surface area contributed by atoms with Gasteiger partial charge in [0.15, 0.2) is 0 Å². The van der Waals surface area contributed by atoms with E-state index in [0.29, 0.717) is 6.61 Å². The molecule has 0 aromatic heterocycles. The summed E-state index contributed by atoms with van der Waals surface area (Å²) in [4.78, 5) is 0. The van der Waals surface area contributed by atoms with Crippen molar-refractivity contribution in [3.63, 3.8) is 0 Å². The number of ether oxygens (including phenoxy) is 1. The second kappa shape index (κ2) is 5.17. The smallest absolute Gasteiger partial charge is 0.119 e. The Labute approximate surface area is 104 Å². The quantitative estimate of drug-likeness (QED) is 0.811. The molecule has 0 radical (unpaired) electrons. The van der Waals surface area contributed by atoms with Gasteiger partial charge in [0.2, 0.25) is 0 Å². The first-order valence-corrected chi connectivity index (χ1v) is 5.98. The predicted molar refractivity (Wildman–Crippen MR) is 69.7 cm³/mol. The van der Waals surface area contributed by atoms with Gasteiger partial charge in [-0.2, -0.15) is 0 Å². The summed E-state index contributed by atoms with van der Waals surface area (Å²) in [6.45, 7) is 2.66. The van der Waals surface area contributed by atoms with Gasteiger partial charge in [0.25, 0.3) is 0 Å². The largest absolute Gasteiger partial charge is 0.489 e. The summed E-state index contributed by atoms with van der Waals surface area (Å²) in [6, 6.07) is 16.1. The molecule has 2 aromatic rings. The molecular formula is C14H13BrO. The van der Waals surface area contributed by atoms with Crippen molar-refractivity contribution in [3.05, 3.63) is 64.1 Å². The number of para-hydroxylation sites is 1. The van der Waals surface area contributed by atoms with Crippen LogP contribution in [0.3, 0.4) is 0 Å². The van der Waals surface area contributed by atoms with Gasteiger partial charge in [-0.3, -0.25) is 0 Å². The van der Waals surface area contributed by atoms with E-state index in [1.807, 2.05) is 30.3 Å². The van der Waals surface area contributed by atoms with Crippen molar-refractivity contribution in [2.45, 2.75) is 13.5 Å². The maximum atomic E-state index is 5.68. The van der Waals surface area contributed by atoms with E-state index in [4.69, 9.17) is 4.74 Å². The molecule has 0 atom stereocenters. The maximum Gasteiger partial charge on any atom is 0.119 e. The molecule has 0 unspecified atom stereocenters. The molecular weight excluding hydrogens is 264 g/mol. The molecule has 0 aliphatic carbocycles. The van der Waals surface area contributed by atoms with Crippen LogP contribution in [0.5, 0.6) is 5.75 Å². The molecule has 0 heterocycles. The average molecular weight is 277 g/mol. The highest BCUT2D eigenvalue weighted by atomic mass is 79.9. The Bertz CT molecular complexity index is 465. The summed E-state index contributed by atoms with van der Waals surface area (Å²) < 4.78 is 6.78. The van der Waals surface area contributed by atoms with Crippen LogP contribution in [-0.2, 0) is 6.61 Å². The fourth-order valence-electron chi connectivity index (χ4n) is 1.45. The van der Waals surface area contributed by atoms with Gasteiger partial charge in [-0.05, 0) is 30.7 Å². The highest BCUT2D eigenvalue weighted by Gasteiger charge is 2.00. The molecule has 0 bridgehead atoms. The Morgan fingerprint density at radius 3 is 2.50 bits per heavy atom. The zero-order valence-corrected chi connectivity index (χ0v) is 10.7. The molecule has 0 aliphatic rings. The number of aryl methyl sites for hydroxylation is 1. The Balaban J connectivity index is 2.05. The second-order valence-corrected chi connectivity index (χ2v) is 4.55. The van der Waals surface area contributed by atoms with E-state index in [1.54, 1.807) is 0 Å². The number of hydrogen-bond donors (Lipinski definition) is 0. The van der Waals surface area contributed by atoms with Crippen molar-refractivity contribution in [2.24, 2.45) is 0 Å². The molecule has 0 spiro atoms. The molecule has 0 aliphatic heterocycles. The Hall–Kier alpha value is -1.28. The molecule has 0 fully saturated rings. The first-order chi connectivity index (χ1) is 7.75. The third-order valence-electron chi connectivity index (χ3n) is 2.35. The molecule has 0 saturated carbocycles. The summed E-state index contributed by atoms with van der Waals surface area (Å²) >= 11 is 3.54. The van der Waals surface area contributed by atoms with E-state index in [-0.39, 0.29) is 0 Å². The summed E-state index contributed by atoms with van der Waals surface area (Å²) in [7, 11) is 0. The molecule has 2 heteroatoms. The minimum atomic E-state index is 0.588. The van der Waals surface area contributed by atoms with Gasteiger partial charge < -0.3 is 4.74 Å². The van der Waals surface area contributed by atoms with Crippen molar-refractivity contribution in [3.8, 4) is 5.75 Å². The second-order valence-electron chi connectivity index (χ2n) is 3.70. The molecule has 82 valence electrons. The lowest BCUT2D eigenvalue weighted by atomic mass is 10.2. The number of rotatable bonds is 3. The van der Waals surface area contributed by atoms with Crippen molar-refractivity contribution >= 4 is 15.9 Å². The third-order valence-corrected chi connectivity index (χ3v) is 3.08. The van der Waals surface area contributed by atoms with E-state index >= 15 is 0 Å². The fourth-order valence-corrected chi connectivity index (χ4v) is 2.05. The predicted octanol–water partition coefficient (Wildman–Crippen LogP) is 4.34. The Morgan fingerprint density at radius 1 is 1.06 bits per heavy atom. The van der Waals surface area contributed by atoms with Crippen LogP contribution in [-0.4, -0.2) is 0 Å². The van der Waals surface area contributed by atoms with Crippen LogP contribution < -0.4 is 4.74 Å². The molecule has 2 aromatic carbocycles. The van der Waals surface area contributed by atoms with E-state index in [1.165, 1.54) is 5.56 Å². The molecule has 16 heavy (non-hydrogen) atoms. The molecule has 0 N–H and O–H groups in total. The van der Waals surface area contributed by atoms with E-state index in [2.05, 4.69) is 41.1 Å². The van der Waals surface area contributed by atoms with Crippen molar-refractivity contribution in [2.75, 3.05) is 0 Å². The van der Waals surface area contributed by atoms with E-state index < -0.39 is 0 Å². The third kappa shape index (κ3) is 2.86. The number of hydrogen-bond acceptors (Lipinski definition) is 1. The van der Waals surface area contributed by atoms with Crippen LogP contribution in [0.1, 0.15) is 11.1 Å². The van der Waals surface area contributed by atoms with Crippen LogP contribution in [0.15, 0.2) is 53.0 Å². The highest BCUT2D eigenvalue weighted by molar-refractivity contribution is 9.10. The van der Waals surface area contributed by atoms with Gasteiger partial charge in [-0.1, -0.05) is 46.3 Å². The molecule has 1 nitrogen and oxygen atoms in total. The fraction of sp³-hybridized carbons (Fsp3) is 0.143. The van der Waals surface area contributed by atoms with E-state index in [9.17, 15) is 0 Å². The van der Waals surface area contributed by atoms with Crippen LogP contribution in [0.4, 0.5) is 0 Å². The van der Waals surface area contributed by atoms with Gasteiger partial charge >= 0.3 is 0 Å². The van der Waals surface area contributed by atoms with Gasteiger partial charge in [-0.25, -0.2) is 0 Å². The standard InChI is InChI=1S/C14H13BrO/c1-11-7-8-12(14(15)9-11)10-16-13-5-3-2-4-6-13/h2-9H,10H2,1H3. The summed E-state index contributed by atoms with van der Waals surface area (Å²) in [6.07, 6.45) is 0. The molecule has 0 saturated heterocycles. The van der Waals surface area contributed by atoms with Gasteiger partial charge in [0, 0.05) is 10.0 Å². The van der Waals surface area contributed by atoms with Crippen molar-refractivity contribution in [1.82, 2.24) is 0 Å². The SMILES string of the molecule is Cc1ccc(COc2ccccc2)c(Br)c1. The van der Waals surface area contributed by atoms with Gasteiger partial charge in [0.05, 0.1) is 0 Å². The first-order valence-electron chi connectivity index (χ1n) is 5.18. The normalized spacial score (nSPS) is 10.1. The Morgan fingerprint density at radius 2 is 1.81 bits per heavy atom. The van der Waals surface area contributed by atoms with Crippen LogP contribution in [0.25, 0.3) is 0 Å². The highest BCUT2D eigenvalue weighted by Crippen LogP contribution is 2.20. The summed E-state index contributed by atoms with van der Waals surface area (Å²) in [5.74, 6) is 0.898. The zero-order valence-electron chi connectivity index (χ0n) is 9.11. The summed E-state index contributed by atoms with van der Waals surface area (Å²) in [5, 5.41) is 0. The van der Waals surface area contributed by atoms with Gasteiger partial charge in [0.1, 0.15) is 12.4 Å². The lowest BCUT2D eigenvalue weighted by molar-refractivity contribution is 0.305. The van der Waals surface area contributed by atoms with Crippen LogP contribution in [0.2, 0.25) is 0 Å². The molecule has 0 amide bonds. The minimum absolute atomic E-state index is 0.588. The van der Waals surface area contributed by atoms with Crippen molar-refractivity contribution < 1.29 is 4.74 Å². The van der Waals surface area contributed by atoms with Gasteiger partial charge in [-0.15, -0.1) is 0 Å². The summed E-state index contributed by atoms with van der Waals surface area (Å²) in [5.41, 5.74) is 2.41. The lowest BCUT2D eigenvalue weighted by Gasteiger charge is -2.08. The topological polar surface area (TPSA) is 9.23 Å². The average Bonchev–Trinajstić information content (AvgIpc) is 2.29. The van der Waals surface area contributed by atoms with Crippen LogP contribution >= 0.6 is 15.9 Å². The maximum absolute atomic E-state index is 5.68. The van der Waals surface area contributed by atoms with Crippen LogP contribution in [0, 0.1) is 6.92 Å². The first kappa shape index (κ1) is 11.2. The monoisotopic (exact) mass is 276 g/mol. The minimum Gasteiger partial charge on any atom is -0.489 e. The number of benzene rings is 2. The molecule has 2 rings (SSSR count).